The first-order chi connectivity index (χ1) is 19.0. The molecule has 0 aliphatic carbocycles. The van der Waals surface area contributed by atoms with E-state index in [9.17, 15) is 18.0 Å². The van der Waals surface area contributed by atoms with Crippen molar-refractivity contribution in [2.24, 2.45) is 0 Å². The van der Waals surface area contributed by atoms with Crippen LogP contribution in [0.4, 0.5) is 0 Å². The third kappa shape index (κ3) is 6.26. The van der Waals surface area contributed by atoms with Crippen molar-refractivity contribution in [2.75, 3.05) is 12.4 Å². The Morgan fingerprint density at radius 1 is 1.02 bits per heavy atom. The van der Waals surface area contributed by atoms with Gasteiger partial charge in [0.1, 0.15) is 22.1 Å². The lowest BCUT2D eigenvalue weighted by molar-refractivity contribution is 0.101. The normalized spacial score (nSPS) is 11.3. The number of carbonyl (C=O) groups excluding carboxylic acids is 1. The number of nitrogens with zero attached hydrogens (tertiary/aromatic N) is 1. The zero-order valence-electron chi connectivity index (χ0n) is 22.6. The molecule has 4 rings (SSSR count). The average Bonchev–Trinajstić information content (AvgIpc) is 2.90. The smallest absolute Gasteiger partial charge is 0.266 e. The van der Waals surface area contributed by atoms with Crippen molar-refractivity contribution in [2.45, 2.75) is 39.0 Å². The number of H-pyrrole nitrogens is 1. The zero-order valence-corrected chi connectivity index (χ0v) is 24.2. The van der Waals surface area contributed by atoms with Gasteiger partial charge in [-0.15, -0.1) is 0 Å². The van der Waals surface area contributed by atoms with Crippen LogP contribution in [-0.2, 0) is 9.84 Å². The molecule has 0 saturated carbocycles. The highest BCUT2D eigenvalue weighted by molar-refractivity contribution is 7.92. The molecule has 2 heterocycles. The van der Waals surface area contributed by atoms with Crippen LogP contribution in [0.3, 0.4) is 0 Å². The lowest BCUT2D eigenvalue weighted by Crippen LogP contribution is -2.23. The number of hydrogen-bond donors (Lipinski definition) is 1. The van der Waals surface area contributed by atoms with Gasteiger partial charge in [0, 0.05) is 11.8 Å². The van der Waals surface area contributed by atoms with E-state index in [2.05, 4.69) is 9.97 Å². The van der Waals surface area contributed by atoms with Gasteiger partial charge >= 0.3 is 0 Å². The summed E-state index contributed by atoms with van der Waals surface area (Å²) in [6, 6.07) is 14.8. The molecule has 0 atom stereocenters. The monoisotopic (exact) mass is 580 g/mol. The third-order valence-electron chi connectivity index (χ3n) is 6.10. The number of benzene rings is 2. The van der Waals surface area contributed by atoms with Gasteiger partial charge in [0.2, 0.25) is 5.88 Å². The Hall–Kier alpha value is -3.95. The van der Waals surface area contributed by atoms with Gasteiger partial charge in [-0.2, -0.15) is 0 Å². The van der Waals surface area contributed by atoms with Crippen LogP contribution in [0.2, 0.25) is 5.02 Å². The Labute approximate surface area is 237 Å². The second-order valence-electron chi connectivity index (χ2n) is 9.39. The molecule has 0 unspecified atom stereocenters. The largest absolute Gasteiger partial charge is 0.492 e. The number of pyridine rings is 2. The molecule has 0 spiro atoms. The number of aryl methyl sites for hydroxylation is 3. The summed E-state index contributed by atoms with van der Waals surface area (Å²) < 4.78 is 37.9. The van der Waals surface area contributed by atoms with Gasteiger partial charge in [0.25, 0.3) is 5.56 Å². The van der Waals surface area contributed by atoms with Crippen LogP contribution in [0, 0.1) is 20.8 Å². The number of sulfone groups is 1. The molecule has 0 amide bonds. The van der Waals surface area contributed by atoms with E-state index >= 15 is 0 Å². The summed E-state index contributed by atoms with van der Waals surface area (Å²) in [5.41, 5.74) is 2.79. The van der Waals surface area contributed by atoms with Crippen molar-refractivity contribution in [3.05, 3.63) is 98.4 Å². The number of rotatable bonds is 10. The van der Waals surface area contributed by atoms with Crippen LogP contribution < -0.4 is 15.0 Å². The third-order valence-corrected chi connectivity index (χ3v) is 8.13. The molecule has 8 nitrogen and oxygen atoms in total. The number of aromatic amines is 1. The standard InChI is InChI=1S/C30H29ClN2O6S/c1-5-14-38-25-9-6-8-21(27(25)31)23-12-11-22(24(34)17-40(36,37)26-10-7-13-32-29(26)35)30(33-23)39-28-19(3)15-18(2)16-20(28)4/h6-13,15-16H,5,14,17H2,1-4H3,(H,32,35). The fourth-order valence-corrected chi connectivity index (χ4v) is 5.88. The average molecular weight is 581 g/mol. The first kappa shape index (κ1) is 29.0. The van der Waals surface area contributed by atoms with Crippen molar-refractivity contribution in [3.8, 4) is 28.6 Å². The van der Waals surface area contributed by atoms with E-state index in [0.29, 0.717) is 34.4 Å². The van der Waals surface area contributed by atoms with Gasteiger partial charge in [0.15, 0.2) is 15.6 Å². The molecule has 0 radical (unpaired) electrons. The number of aromatic nitrogens is 2. The van der Waals surface area contributed by atoms with E-state index in [-0.39, 0.29) is 11.4 Å². The first-order valence-corrected chi connectivity index (χ1v) is 14.7. The fourth-order valence-electron chi connectivity index (χ4n) is 4.32. The quantitative estimate of drug-likeness (QED) is 0.220. The lowest BCUT2D eigenvalue weighted by Gasteiger charge is -2.16. The Morgan fingerprint density at radius 2 is 1.75 bits per heavy atom. The number of carbonyl (C=O) groups is 1. The molecule has 0 aliphatic heterocycles. The van der Waals surface area contributed by atoms with Crippen LogP contribution in [0.25, 0.3) is 11.3 Å². The minimum atomic E-state index is -4.25. The molecule has 208 valence electrons. The predicted molar refractivity (Wildman–Crippen MR) is 155 cm³/mol. The molecular weight excluding hydrogens is 552 g/mol. The van der Waals surface area contributed by atoms with Crippen LogP contribution >= 0.6 is 11.6 Å². The van der Waals surface area contributed by atoms with Crippen molar-refractivity contribution in [1.29, 1.82) is 0 Å². The van der Waals surface area contributed by atoms with Crippen LogP contribution in [0.15, 0.2) is 70.5 Å². The van der Waals surface area contributed by atoms with E-state index in [1.54, 1.807) is 24.3 Å². The Morgan fingerprint density at radius 3 is 2.42 bits per heavy atom. The fraction of sp³-hybridized carbons (Fsp3) is 0.233. The molecule has 0 aliphatic rings. The SMILES string of the molecule is CCCOc1cccc(-c2ccc(C(=O)CS(=O)(=O)c3ccc[nH]c3=O)c(Oc3c(C)cc(C)cc3C)n2)c1Cl. The van der Waals surface area contributed by atoms with Gasteiger partial charge in [-0.05, 0) is 68.7 Å². The highest BCUT2D eigenvalue weighted by Gasteiger charge is 2.27. The van der Waals surface area contributed by atoms with Gasteiger partial charge in [-0.3, -0.25) is 9.59 Å². The van der Waals surface area contributed by atoms with Crippen LogP contribution in [0.5, 0.6) is 17.4 Å². The number of nitrogens with one attached hydrogen (secondary N) is 1. The van der Waals surface area contributed by atoms with Crippen LogP contribution in [-0.4, -0.2) is 36.5 Å². The molecule has 2 aromatic heterocycles. The maximum Gasteiger partial charge on any atom is 0.266 e. The first-order valence-electron chi connectivity index (χ1n) is 12.6. The second kappa shape index (κ2) is 12.1. The highest BCUT2D eigenvalue weighted by Crippen LogP contribution is 2.37. The number of hydrogen-bond acceptors (Lipinski definition) is 7. The van der Waals surface area contributed by atoms with E-state index in [4.69, 9.17) is 21.1 Å². The van der Waals surface area contributed by atoms with E-state index in [1.807, 2.05) is 39.8 Å². The van der Waals surface area contributed by atoms with E-state index in [1.165, 1.54) is 18.3 Å². The summed E-state index contributed by atoms with van der Waals surface area (Å²) in [4.78, 5) is 32.0. The molecule has 0 bridgehead atoms. The summed E-state index contributed by atoms with van der Waals surface area (Å²) >= 11 is 6.65. The van der Waals surface area contributed by atoms with Crippen molar-refractivity contribution in [1.82, 2.24) is 9.97 Å². The number of ether oxygens (including phenoxy) is 2. The summed E-state index contributed by atoms with van der Waals surface area (Å²) in [7, 11) is -4.25. The number of ketones is 1. The summed E-state index contributed by atoms with van der Waals surface area (Å²) in [5.74, 6) is -0.797. The van der Waals surface area contributed by atoms with Gasteiger partial charge in [0.05, 0.1) is 22.9 Å². The van der Waals surface area contributed by atoms with Gasteiger partial charge < -0.3 is 14.5 Å². The molecule has 40 heavy (non-hydrogen) atoms. The highest BCUT2D eigenvalue weighted by atomic mass is 35.5. The topological polar surface area (TPSA) is 115 Å². The maximum absolute atomic E-state index is 13.4. The molecule has 0 fully saturated rings. The predicted octanol–water partition coefficient (Wildman–Crippen LogP) is 6.25. The van der Waals surface area contributed by atoms with Gasteiger partial charge in [-0.1, -0.05) is 48.4 Å². The number of Topliss-reactive ketones (excluding diaryl/α,β-unsaturated/α-hetero) is 1. The molecule has 4 aromatic rings. The summed E-state index contributed by atoms with van der Waals surface area (Å²) in [6.45, 7) is 8.19. The number of halogens is 1. The Bertz CT molecular complexity index is 1720. The molecule has 1 N–H and O–H groups in total. The summed E-state index contributed by atoms with van der Waals surface area (Å²) in [6.07, 6.45) is 2.12. The summed E-state index contributed by atoms with van der Waals surface area (Å²) in [5, 5.41) is 0.349. The van der Waals surface area contributed by atoms with E-state index in [0.717, 1.165) is 29.2 Å². The molecular formula is C30H29ClN2O6S. The zero-order chi connectivity index (χ0) is 29.0. The molecule has 10 heteroatoms. The van der Waals surface area contributed by atoms with Crippen molar-refractivity contribution in [3.63, 3.8) is 0 Å². The second-order valence-corrected chi connectivity index (χ2v) is 11.7. The van der Waals surface area contributed by atoms with Crippen LogP contribution in [0.1, 0.15) is 40.4 Å². The van der Waals surface area contributed by atoms with Gasteiger partial charge in [-0.25, -0.2) is 13.4 Å². The minimum absolute atomic E-state index is 0.0476. The lowest BCUT2D eigenvalue weighted by atomic mass is 10.1. The Kier molecular flexibility index (Phi) is 8.76. The van der Waals surface area contributed by atoms with Crippen molar-refractivity contribution >= 4 is 27.2 Å². The minimum Gasteiger partial charge on any atom is -0.492 e. The molecule has 0 saturated heterocycles. The maximum atomic E-state index is 13.4. The Balaban J connectivity index is 1.81. The van der Waals surface area contributed by atoms with E-state index < -0.39 is 31.8 Å². The van der Waals surface area contributed by atoms with Crippen molar-refractivity contribution < 1.29 is 22.7 Å². The molecule has 2 aromatic carbocycles.